The monoisotopic (exact) mass is 333 g/mol. The molecule has 0 fully saturated rings. The molecule has 7 heteroatoms. The number of hydrogen-bond donors (Lipinski definition) is 2. The van der Waals surface area contributed by atoms with Crippen molar-refractivity contribution in [2.24, 2.45) is 0 Å². The van der Waals surface area contributed by atoms with Gasteiger partial charge in [-0.1, -0.05) is 36.4 Å². The lowest BCUT2D eigenvalue weighted by Gasteiger charge is -2.11. The number of benzene rings is 2. The molecular formula is C17H19NO6. The number of phenols is 2. The van der Waals surface area contributed by atoms with Gasteiger partial charge in [0.2, 0.25) is 0 Å². The van der Waals surface area contributed by atoms with E-state index in [9.17, 15) is 20.3 Å². The highest BCUT2D eigenvalue weighted by atomic mass is 16.9. The van der Waals surface area contributed by atoms with Gasteiger partial charge in [-0.25, -0.2) is 0 Å². The van der Waals surface area contributed by atoms with Crippen LogP contribution in [-0.2, 0) is 9.57 Å². The molecule has 0 aromatic heterocycles. The lowest BCUT2D eigenvalue weighted by atomic mass is 9.98. The zero-order valence-corrected chi connectivity index (χ0v) is 13.3. The number of fused-ring (bicyclic) bond motifs is 1. The van der Waals surface area contributed by atoms with Crippen molar-refractivity contribution in [2.75, 3.05) is 19.8 Å². The summed E-state index contributed by atoms with van der Waals surface area (Å²) in [5.41, 5.74) is 1.12. The lowest BCUT2D eigenvalue weighted by Crippen LogP contribution is -2.05. The van der Waals surface area contributed by atoms with Crippen LogP contribution in [0.4, 0.5) is 0 Å². The summed E-state index contributed by atoms with van der Waals surface area (Å²) in [4.78, 5) is 14.1. The van der Waals surface area contributed by atoms with Crippen LogP contribution in [0, 0.1) is 17.0 Å². The number of rotatable bonds is 8. The fourth-order valence-corrected chi connectivity index (χ4v) is 2.37. The predicted octanol–water partition coefficient (Wildman–Crippen LogP) is 3.19. The molecule has 0 aliphatic heterocycles. The van der Waals surface area contributed by atoms with Crippen LogP contribution in [0.25, 0.3) is 16.8 Å². The molecule has 0 saturated carbocycles. The Balaban J connectivity index is 1.98. The van der Waals surface area contributed by atoms with Gasteiger partial charge in [-0.2, -0.15) is 0 Å². The fraction of sp³-hybridized carbons (Fsp3) is 0.294. The Morgan fingerprint density at radius 2 is 1.83 bits per heavy atom. The zero-order chi connectivity index (χ0) is 17.5. The largest absolute Gasteiger partial charge is 0.507 e. The minimum Gasteiger partial charge on any atom is -0.507 e. The fourth-order valence-electron chi connectivity index (χ4n) is 2.37. The predicted molar refractivity (Wildman–Crippen MR) is 89.4 cm³/mol. The molecule has 2 aromatic carbocycles. The van der Waals surface area contributed by atoms with Crippen molar-refractivity contribution in [3.63, 3.8) is 0 Å². The van der Waals surface area contributed by atoms with Crippen LogP contribution >= 0.6 is 0 Å². The molecule has 0 aliphatic rings. The van der Waals surface area contributed by atoms with Crippen molar-refractivity contribution in [3.05, 3.63) is 51.6 Å². The highest BCUT2D eigenvalue weighted by molar-refractivity contribution is 5.97. The summed E-state index contributed by atoms with van der Waals surface area (Å²) >= 11 is 0. The van der Waals surface area contributed by atoms with Crippen molar-refractivity contribution in [1.29, 1.82) is 0 Å². The molecule has 0 bridgehead atoms. The van der Waals surface area contributed by atoms with Crippen LogP contribution in [0.1, 0.15) is 17.5 Å². The highest BCUT2D eigenvalue weighted by Crippen LogP contribution is 2.39. The second-order valence-electron chi connectivity index (χ2n) is 5.17. The maximum Gasteiger partial charge on any atom is 0.294 e. The van der Waals surface area contributed by atoms with Gasteiger partial charge in [0.15, 0.2) is 0 Å². The number of phenolic OH excluding ortho intramolecular Hbond substituents is 2. The Hall–Kier alpha value is -2.80. The van der Waals surface area contributed by atoms with E-state index in [2.05, 4.69) is 4.84 Å². The average molecular weight is 333 g/mol. The van der Waals surface area contributed by atoms with Crippen molar-refractivity contribution in [2.45, 2.75) is 13.3 Å². The number of nitrogens with zero attached hydrogens (tertiary/aromatic N) is 1. The topological polar surface area (TPSA) is 102 Å². The van der Waals surface area contributed by atoms with Crippen LogP contribution < -0.4 is 0 Å². The van der Waals surface area contributed by atoms with Crippen LogP contribution in [0.5, 0.6) is 11.5 Å². The molecule has 0 radical (unpaired) electrons. The van der Waals surface area contributed by atoms with E-state index in [1.54, 1.807) is 43.3 Å². The molecule has 0 heterocycles. The first-order valence-electron chi connectivity index (χ1n) is 7.47. The Morgan fingerprint density at radius 3 is 2.50 bits per heavy atom. The van der Waals surface area contributed by atoms with Crippen molar-refractivity contribution in [1.82, 2.24) is 0 Å². The maximum atomic E-state index is 10.4. The molecule has 2 aromatic rings. The molecule has 0 aliphatic carbocycles. The summed E-state index contributed by atoms with van der Waals surface area (Å²) in [7, 11) is 0. The van der Waals surface area contributed by atoms with E-state index >= 15 is 0 Å². The molecule has 0 spiro atoms. The standard InChI is InChI=1S/C17H19NO6/c1-12-13(8-4-9-23-10-5-11-24-18(21)22)17(20)15-7-3-2-6-14(15)16(12)19/h2-4,6-8,19-20H,5,9-11H2,1H3/b8-4+. The highest BCUT2D eigenvalue weighted by Gasteiger charge is 2.13. The summed E-state index contributed by atoms with van der Waals surface area (Å²) in [6.07, 6.45) is 3.81. The van der Waals surface area contributed by atoms with E-state index < -0.39 is 5.09 Å². The van der Waals surface area contributed by atoms with Gasteiger partial charge in [0, 0.05) is 28.5 Å². The summed E-state index contributed by atoms with van der Waals surface area (Å²) < 4.78 is 5.30. The first kappa shape index (κ1) is 17.6. The molecule has 0 atom stereocenters. The quantitative estimate of drug-likeness (QED) is 0.333. The van der Waals surface area contributed by atoms with Crippen LogP contribution in [0.3, 0.4) is 0 Å². The van der Waals surface area contributed by atoms with E-state index in [0.717, 1.165) is 0 Å². The molecule has 7 nitrogen and oxygen atoms in total. The van der Waals surface area contributed by atoms with Crippen LogP contribution in [-0.4, -0.2) is 35.1 Å². The third-order valence-electron chi connectivity index (χ3n) is 3.58. The molecule has 0 unspecified atom stereocenters. The van der Waals surface area contributed by atoms with E-state index in [-0.39, 0.29) is 24.7 Å². The zero-order valence-electron chi connectivity index (χ0n) is 13.3. The lowest BCUT2D eigenvalue weighted by molar-refractivity contribution is -0.757. The Kier molecular flexibility index (Phi) is 5.97. The molecule has 0 amide bonds. The third kappa shape index (κ3) is 4.14. The molecule has 0 saturated heterocycles. The molecule has 2 rings (SSSR count). The second-order valence-corrected chi connectivity index (χ2v) is 5.17. The normalized spacial score (nSPS) is 11.2. The van der Waals surface area contributed by atoms with Gasteiger partial charge < -0.3 is 19.8 Å². The Morgan fingerprint density at radius 1 is 1.17 bits per heavy atom. The summed E-state index contributed by atoms with van der Waals surface area (Å²) in [5.74, 6) is 0.248. The minimum atomic E-state index is -0.836. The van der Waals surface area contributed by atoms with Gasteiger partial charge in [0.05, 0.1) is 13.2 Å². The van der Waals surface area contributed by atoms with Gasteiger partial charge >= 0.3 is 0 Å². The summed E-state index contributed by atoms with van der Waals surface area (Å²) in [6, 6.07) is 7.08. The van der Waals surface area contributed by atoms with Gasteiger partial charge in [-0.3, -0.25) is 0 Å². The van der Waals surface area contributed by atoms with Crippen LogP contribution in [0.15, 0.2) is 30.3 Å². The van der Waals surface area contributed by atoms with E-state index in [0.29, 0.717) is 34.9 Å². The van der Waals surface area contributed by atoms with E-state index in [4.69, 9.17) is 4.74 Å². The average Bonchev–Trinajstić information content (AvgIpc) is 2.57. The van der Waals surface area contributed by atoms with E-state index in [1.165, 1.54) is 0 Å². The Bertz CT molecular complexity index is 756. The summed E-state index contributed by atoms with van der Waals surface area (Å²) in [5, 5.41) is 31.0. The Labute approximate surface area is 138 Å². The minimum absolute atomic E-state index is 0.00480. The molecule has 24 heavy (non-hydrogen) atoms. The smallest absolute Gasteiger partial charge is 0.294 e. The van der Waals surface area contributed by atoms with Gasteiger partial charge in [-0.05, 0) is 13.3 Å². The van der Waals surface area contributed by atoms with Crippen LogP contribution in [0.2, 0.25) is 0 Å². The molecule has 2 N–H and O–H groups in total. The summed E-state index contributed by atoms with van der Waals surface area (Å²) in [6.45, 7) is 2.34. The number of hydrogen-bond acceptors (Lipinski definition) is 6. The van der Waals surface area contributed by atoms with Gasteiger partial charge in [-0.15, -0.1) is 10.1 Å². The SMILES string of the molecule is Cc1c(/C=C/COCCCO[N+](=O)[O-])c(O)c2ccccc2c1O. The first-order valence-corrected chi connectivity index (χ1v) is 7.47. The van der Waals surface area contributed by atoms with Gasteiger partial charge in [0.25, 0.3) is 5.09 Å². The molecule has 128 valence electrons. The first-order chi connectivity index (χ1) is 11.5. The number of ether oxygens (including phenoxy) is 1. The third-order valence-corrected chi connectivity index (χ3v) is 3.58. The van der Waals surface area contributed by atoms with Crippen molar-refractivity contribution < 1.29 is 24.9 Å². The molecular weight excluding hydrogens is 314 g/mol. The van der Waals surface area contributed by atoms with Crippen molar-refractivity contribution in [3.8, 4) is 11.5 Å². The van der Waals surface area contributed by atoms with E-state index in [1.807, 2.05) is 0 Å². The van der Waals surface area contributed by atoms with Gasteiger partial charge in [0.1, 0.15) is 11.5 Å². The maximum absolute atomic E-state index is 10.4. The second kappa shape index (κ2) is 8.16. The van der Waals surface area contributed by atoms with Crippen molar-refractivity contribution >= 4 is 16.8 Å². The number of aromatic hydroxyl groups is 2.